The highest BCUT2D eigenvalue weighted by Gasteiger charge is 2.18. The minimum absolute atomic E-state index is 0.250. The minimum atomic E-state index is -3.85. The SMILES string of the molecule is COc1ccc([N-]S(=O)(=O)c2sc3ccc(Cl)cc3c2C)cc1N1CC[NH2+]CC1. The van der Waals surface area contributed by atoms with Gasteiger partial charge in [0.2, 0.25) is 0 Å². The van der Waals surface area contributed by atoms with Crippen LogP contribution in [-0.4, -0.2) is 41.7 Å². The third-order valence-corrected chi connectivity index (χ3v) is 8.43. The molecule has 3 aromatic rings. The van der Waals surface area contributed by atoms with Crippen LogP contribution in [0, 0.1) is 6.92 Å². The number of aryl methyl sites for hydroxylation is 1. The van der Waals surface area contributed by atoms with E-state index in [-0.39, 0.29) is 4.21 Å². The molecule has 2 N–H and O–H groups in total. The zero-order valence-corrected chi connectivity index (χ0v) is 18.6. The molecule has 1 aliphatic heterocycles. The van der Waals surface area contributed by atoms with E-state index in [0.717, 1.165) is 47.7 Å². The highest BCUT2D eigenvalue weighted by molar-refractivity contribution is 7.96. The van der Waals surface area contributed by atoms with Crippen molar-refractivity contribution in [3.63, 3.8) is 0 Å². The highest BCUT2D eigenvalue weighted by Crippen LogP contribution is 2.41. The van der Waals surface area contributed by atoms with E-state index in [1.165, 1.54) is 11.3 Å². The second-order valence-corrected chi connectivity index (χ2v) is 10.2. The van der Waals surface area contributed by atoms with Gasteiger partial charge in [0.05, 0.1) is 39.0 Å². The molecule has 0 spiro atoms. The number of piperazine rings is 1. The number of hydrogen-bond acceptors (Lipinski definition) is 5. The Balaban J connectivity index is 1.69. The van der Waals surface area contributed by atoms with Crippen molar-refractivity contribution in [1.29, 1.82) is 0 Å². The van der Waals surface area contributed by atoms with Crippen LogP contribution in [0.5, 0.6) is 5.75 Å². The number of benzene rings is 2. The Labute approximate surface area is 179 Å². The first kappa shape index (κ1) is 20.3. The first-order valence-corrected chi connectivity index (χ1v) is 11.9. The van der Waals surface area contributed by atoms with E-state index < -0.39 is 10.0 Å². The quantitative estimate of drug-likeness (QED) is 0.642. The van der Waals surface area contributed by atoms with Gasteiger partial charge in [0.25, 0.3) is 0 Å². The van der Waals surface area contributed by atoms with Crippen LogP contribution in [0.4, 0.5) is 11.4 Å². The van der Waals surface area contributed by atoms with Crippen molar-refractivity contribution in [2.24, 2.45) is 0 Å². The smallest absolute Gasteiger partial charge is 0.142 e. The average Bonchev–Trinajstić information content (AvgIpc) is 3.05. The molecule has 1 aliphatic rings. The molecule has 1 fully saturated rings. The van der Waals surface area contributed by atoms with Gasteiger partial charge in [-0.15, -0.1) is 17.0 Å². The van der Waals surface area contributed by atoms with Crippen LogP contribution in [0.25, 0.3) is 14.8 Å². The predicted octanol–water partition coefficient (Wildman–Crippen LogP) is 3.65. The molecule has 0 amide bonds. The van der Waals surface area contributed by atoms with Crippen molar-refractivity contribution < 1.29 is 18.5 Å². The number of nitrogens with two attached hydrogens (primary N) is 1. The molecule has 0 aliphatic carbocycles. The minimum Gasteiger partial charge on any atom is -0.572 e. The van der Waals surface area contributed by atoms with Crippen LogP contribution < -0.4 is 15.0 Å². The van der Waals surface area contributed by atoms with Crippen molar-refractivity contribution in [3.05, 3.63) is 51.7 Å². The zero-order chi connectivity index (χ0) is 20.6. The second-order valence-electron chi connectivity index (χ2n) is 6.93. The van der Waals surface area contributed by atoms with Gasteiger partial charge in [-0.1, -0.05) is 17.7 Å². The number of fused-ring (bicyclic) bond motifs is 1. The Bertz CT molecular complexity index is 1160. The summed E-state index contributed by atoms with van der Waals surface area (Å²) in [5.74, 6) is 0.718. The Hall–Kier alpha value is -2.00. The van der Waals surface area contributed by atoms with Crippen molar-refractivity contribution in [2.75, 3.05) is 38.2 Å². The molecule has 2 aromatic carbocycles. The average molecular weight is 452 g/mol. The first-order chi connectivity index (χ1) is 13.9. The Morgan fingerprint density at radius 1 is 1.17 bits per heavy atom. The number of quaternary nitrogens is 1. The first-order valence-electron chi connectivity index (χ1n) is 9.30. The number of rotatable bonds is 5. The number of ether oxygens (including phenoxy) is 1. The fraction of sp³-hybridized carbons (Fsp3) is 0.300. The highest BCUT2D eigenvalue weighted by atomic mass is 35.5. The zero-order valence-electron chi connectivity index (χ0n) is 16.2. The van der Waals surface area contributed by atoms with Gasteiger partial charge in [-0.25, -0.2) is 8.42 Å². The van der Waals surface area contributed by atoms with Crippen LogP contribution in [0.15, 0.2) is 40.6 Å². The summed E-state index contributed by atoms with van der Waals surface area (Å²) in [7, 11) is -2.23. The topological polar surface area (TPSA) is 77.3 Å². The maximum atomic E-state index is 13.1. The van der Waals surface area contributed by atoms with Crippen molar-refractivity contribution >= 4 is 54.4 Å². The summed E-state index contributed by atoms with van der Waals surface area (Å²) in [4.78, 5) is 2.21. The standard InChI is InChI=1S/C20H21ClN3O3S2/c1-13-16-11-14(21)3-6-19(16)28-20(13)29(25,26)23-15-4-5-18(27-2)17(12-15)24-9-7-22-8-10-24/h3-6,11-12,22H,7-10H2,1-2H3/q-1/p+1. The lowest BCUT2D eigenvalue weighted by molar-refractivity contribution is -0.655. The molecule has 0 unspecified atom stereocenters. The van der Waals surface area contributed by atoms with E-state index in [9.17, 15) is 8.42 Å². The molecule has 1 saturated heterocycles. The van der Waals surface area contributed by atoms with E-state index in [1.54, 1.807) is 44.4 Å². The Morgan fingerprint density at radius 2 is 1.93 bits per heavy atom. The summed E-state index contributed by atoms with van der Waals surface area (Å²) in [6.45, 7) is 5.53. The fourth-order valence-electron chi connectivity index (χ4n) is 3.57. The molecule has 0 radical (unpaired) electrons. The molecule has 1 aromatic heterocycles. The summed E-state index contributed by atoms with van der Waals surface area (Å²) in [5, 5.41) is 3.69. The molecule has 0 bridgehead atoms. The van der Waals surface area contributed by atoms with E-state index in [1.807, 2.05) is 6.07 Å². The molecule has 29 heavy (non-hydrogen) atoms. The fourth-order valence-corrected chi connectivity index (χ4v) is 6.44. The lowest BCUT2D eigenvalue weighted by Gasteiger charge is -2.31. The third kappa shape index (κ3) is 4.02. The number of sulfonamides is 1. The normalized spacial score (nSPS) is 14.9. The molecule has 0 atom stereocenters. The van der Waals surface area contributed by atoms with Crippen molar-refractivity contribution in [2.45, 2.75) is 11.1 Å². The molecule has 4 rings (SSSR count). The number of anilines is 1. The van der Waals surface area contributed by atoms with Crippen molar-refractivity contribution in [1.82, 2.24) is 0 Å². The van der Waals surface area contributed by atoms with Gasteiger partial charge in [-0.05, 0) is 48.2 Å². The predicted molar refractivity (Wildman–Crippen MR) is 119 cm³/mol. The monoisotopic (exact) mass is 451 g/mol. The van der Waals surface area contributed by atoms with Crippen LogP contribution in [0.1, 0.15) is 5.56 Å². The largest absolute Gasteiger partial charge is 0.572 e. The number of nitrogens with zero attached hydrogens (tertiary/aromatic N) is 2. The van der Waals surface area contributed by atoms with Gasteiger partial charge in [-0.2, -0.15) is 0 Å². The third-order valence-electron chi connectivity index (χ3n) is 5.02. The summed E-state index contributed by atoms with van der Waals surface area (Å²) >= 11 is 7.30. The van der Waals surface area contributed by atoms with Crippen LogP contribution in [0.3, 0.4) is 0 Å². The molecule has 2 heterocycles. The van der Waals surface area contributed by atoms with Gasteiger partial charge in [0, 0.05) is 9.72 Å². The van der Waals surface area contributed by atoms with Gasteiger partial charge < -0.3 is 19.7 Å². The molecular formula is C20H22ClN3O3S2. The Kier molecular flexibility index (Phi) is 5.61. The molecule has 9 heteroatoms. The van der Waals surface area contributed by atoms with Crippen LogP contribution >= 0.6 is 22.9 Å². The van der Waals surface area contributed by atoms with Gasteiger partial charge >= 0.3 is 0 Å². The summed E-state index contributed by atoms with van der Waals surface area (Å²) in [6, 6.07) is 10.6. The second kappa shape index (κ2) is 8.02. The van der Waals surface area contributed by atoms with Gasteiger partial charge in [-0.3, -0.25) is 0 Å². The molecule has 6 nitrogen and oxygen atoms in total. The van der Waals surface area contributed by atoms with Crippen LogP contribution in [0.2, 0.25) is 5.02 Å². The summed E-state index contributed by atoms with van der Waals surface area (Å²) < 4.78 is 36.9. The van der Waals surface area contributed by atoms with E-state index in [0.29, 0.717) is 16.3 Å². The van der Waals surface area contributed by atoms with Gasteiger partial charge in [0.15, 0.2) is 0 Å². The Morgan fingerprint density at radius 3 is 2.66 bits per heavy atom. The van der Waals surface area contributed by atoms with Crippen molar-refractivity contribution in [3.8, 4) is 5.75 Å². The van der Waals surface area contributed by atoms with E-state index in [4.69, 9.17) is 16.3 Å². The lowest BCUT2D eigenvalue weighted by atomic mass is 10.2. The van der Waals surface area contributed by atoms with E-state index in [2.05, 4.69) is 14.9 Å². The number of thiophene rings is 1. The molecular weight excluding hydrogens is 430 g/mol. The summed E-state index contributed by atoms with van der Waals surface area (Å²) in [6.07, 6.45) is 0. The molecule has 0 saturated carbocycles. The van der Waals surface area contributed by atoms with Crippen LogP contribution in [-0.2, 0) is 10.0 Å². The maximum Gasteiger partial charge on any atom is 0.142 e. The number of halogens is 1. The maximum absolute atomic E-state index is 13.1. The molecule has 154 valence electrons. The summed E-state index contributed by atoms with van der Waals surface area (Å²) in [5.41, 5.74) is 1.94. The van der Waals surface area contributed by atoms with Gasteiger partial charge in [0.1, 0.15) is 20.0 Å². The number of hydrogen-bond donors (Lipinski definition) is 1. The van der Waals surface area contributed by atoms with E-state index >= 15 is 0 Å². The lowest BCUT2D eigenvalue weighted by Crippen LogP contribution is -2.89. The number of methoxy groups -OCH3 is 1.